The summed E-state index contributed by atoms with van der Waals surface area (Å²) in [6, 6.07) is 9.57. The maximum absolute atomic E-state index is 13.1. The number of halogens is 3. The highest BCUT2D eigenvalue weighted by atomic mass is 19.4. The molecule has 1 aliphatic rings. The van der Waals surface area contributed by atoms with Gasteiger partial charge in [-0.25, -0.2) is 0 Å². The minimum Gasteiger partial charge on any atom is -0.481 e. The van der Waals surface area contributed by atoms with E-state index in [2.05, 4.69) is 10.4 Å². The van der Waals surface area contributed by atoms with Crippen LogP contribution in [0, 0.1) is 0 Å². The second-order valence-electron chi connectivity index (χ2n) is 6.56. The predicted octanol–water partition coefficient (Wildman–Crippen LogP) is 3.70. The number of fused-ring (bicyclic) bond motifs is 2. The van der Waals surface area contributed by atoms with Crippen molar-refractivity contribution in [2.45, 2.75) is 25.6 Å². The number of carbonyl (C=O) groups is 1. The third-order valence-corrected chi connectivity index (χ3v) is 4.65. The van der Waals surface area contributed by atoms with Gasteiger partial charge in [-0.3, -0.25) is 4.79 Å². The highest BCUT2D eigenvalue weighted by Gasteiger charge is 2.35. The molecule has 27 heavy (non-hydrogen) atoms. The smallest absolute Gasteiger partial charge is 0.435 e. The van der Waals surface area contributed by atoms with Crippen molar-refractivity contribution < 1.29 is 22.7 Å². The summed E-state index contributed by atoms with van der Waals surface area (Å²) in [5, 5.41) is 6.52. The number of rotatable bonds is 2. The van der Waals surface area contributed by atoms with Crippen LogP contribution in [0.25, 0.3) is 16.6 Å². The van der Waals surface area contributed by atoms with Crippen LogP contribution < -0.4 is 10.1 Å². The van der Waals surface area contributed by atoms with Gasteiger partial charge in [0, 0.05) is 23.2 Å². The Hall–Kier alpha value is -3.03. The third kappa shape index (κ3) is 2.90. The second kappa shape index (κ2) is 6.00. The minimum atomic E-state index is -4.56. The first-order chi connectivity index (χ1) is 12.8. The number of amides is 1. The Morgan fingerprint density at radius 2 is 1.93 bits per heavy atom. The molecular formula is C19H16F3N3O2. The van der Waals surface area contributed by atoms with Gasteiger partial charge in [-0.2, -0.15) is 22.8 Å². The average Bonchev–Trinajstić information content (AvgIpc) is 3.06. The van der Waals surface area contributed by atoms with Gasteiger partial charge in [-0.05, 0) is 42.7 Å². The van der Waals surface area contributed by atoms with Crippen molar-refractivity contribution in [1.82, 2.24) is 14.9 Å². The molecule has 140 valence electrons. The van der Waals surface area contributed by atoms with E-state index in [9.17, 15) is 18.0 Å². The van der Waals surface area contributed by atoms with Crippen LogP contribution >= 0.6 is 0 Å². The first-order valence-corrected chi connectivity index (χ1v) is 8.36. The number of methoxy groups -OCH3 is 1. The average molecular weight is 375 g/mol. The molecule has 1 aliphatic heterocycles. The number of hydrogen-bond donors (Lipinski definition) is 1. The maximum atomic E-state index is 13.1. The summed E-state index contributed by atoms with van der Waals surface area (Å²) in [4.78, 5) is 12.1. The normalized spacial score (nSPS) is 16.9. The van der Waals surface area contributed by atoms with Crippen molar-refractivity contribution in [3.05, 3.63) is 53.2 Å². The van der Waals surface area contributed by atoms with E-state index in [1.807, 2.05) is 13.0 Å². The molecule has 1 N–H and O–H groups in total. The summed E-state index contributed by atoms with van der Waals surface area (Å²) in [7, 11) is 1.38. The fraction of sp³-hybridized carbons (Fsp3) is 0.263. The Kier molecular flexibility index (Phi) is 3.87. The lowest BCUT2D eigenvalue weighted by Gasteiger charge is -2.23. The Labute approximate surface area is 152 Å². The molecule has 0 aliphatic carbocycles. The summed E-state index contributed by atoms with van der Waals surface area (Å²) in [6.45, 7) is 1.91. The van der Waals surface area contributed by atoms with Crippen LogP contribution in [0.5, 0.6) is 5.88 Å². The van der Waals surface area contributed by atoms with Crippen molar-refractivity contribution in [3.8, 4) is 17.0 Å². The molecule has 0 radical (unpaired) electrons. The molecular weight excluding hydrogens is 359 g/mol. The molecule has 0 fully saturated rings. The number of nitrogens with zero attached hydrogens (tertiary/aromatic N) is 2. The molecule has 1 unspecified atom stereocenters. The van der Waals surface area contributed by atoms with Crippen molar-refractivity contribution in [1.29, 1.82) is 0 Å². The molecule has 4 rings (SSSR count). The van der Waals surface area contributed by atoms with Crippen LogP contribution in [0.1, 0.15) is 28.5 Å². The van der Waals surface area contributed by atoms with E-state index >= 15 is 0 Å². The molecule has 0 saturated carbocycles. The molecule has 3 aromatic rings. The quantitative estimate of drug-likeness (QED) is 0.743. The monoisotopic (exact) mass is 375 g/mol. The molecule has 0 saturated heterocycles. The SMILES string of the molecule is COc1ccc(-c2ccc3c(c2)CC(C)NC3=O)c2cc(C(F)(F)F)nn12. The van der Waals surface area contributed by atoms with Crippen LogP contribution in [0.4, 0.5) is 13.2 Å². The van der Waals surface area contributed by atoms with Crippen molar-refractivity contribution in [2.24, 2.45) is 0 Å². The van der Waals surface area contributed by atoms with Gasteiger partial charge in [0.05, 0.1) is 12.6 Å². The van der Waals surface area contributed by atoms with Gasteiger partial charge in [-0.15, -0.1) is 0 Å². The van der Waals surface area contributed by atoms with Gasteiger partial charge >= 0.3 is 6.18 Å². The van der Waals surface area contributed by atoms with Gasteiger partial charge in [0.25, 0.3) is 5.91 Å². The summed E-state index contributed by atoms with van der Waals surface area (Å²) in [6.07, 6.45) is -3.90. The molecule has 5 nitrogen and oxygen atoms in total. The maximum Gasteiger partial charge on any atom is 0.435 e. The van der Waals surface area contributed by atoms with Crippen LogP contribution in [-0.4, -0.2) is 28.7 Å². The number of nitrogens with one attached hydrogen (secondary N) is 1. The van der Waals surface area contributed by atoms with Gasteiger partial charge in [0.15, 0.2) is 5.69 Å². The van der Waals surface area contributed by atoms with Crippen LogP contribution in [-0.2, 0) is 12.6 Å². The highest BCUT2D eigenvalue weighted by molar-refractivity contribution is 5.98. The van der Waals surface area contributed by atoms with Gasteiger partial charge in [0.1, 0.15) is 0 Å². The number of ether oxygens (including phenoxy) is 1. The Bertz CT molecular complexity index is 1060. The summed E-state index contributed by atoms with van der Waals surface area (Å²) >= 11 is 0. The lowest BCUT2D eigenvalue weighted by molar-refractivity contribution is -0.141. The van der Waals surface area contributed by atoms with Crippen LogP contribution in [0.3, 0.4) is 0 Å². The molecule has 0 spiro atoms. The summed E-state index contributed by atoms with van der Waals surface area (Å²) in [5.74, 6) is 0.0640. The van der Waals surface area contributed by atoms with E-state index in [1.165, 1.54) is 7.11 Å². The minimum absolute atomic E-state index is 0.00272. The summed E-state index contributed by atoms with van der Waals surface area (Å²) < 4.78 is 45.7. The first-order valence-electron chi connectivity index (χ1n) is 8.36. The Morgan fingerprint density at radius 1 is 1.19 bits per heavy atom. The highest BCUT2D eigenvalue weighted by Crippen LogP contribution is 2.35. The zero-order valence-electron chi connectivity index (χ0n) is 14.6. The number of carbonyl (C=O) groups excluding carboxylic acids is 1. The van der Waals surface area contributed by atoms with E-state index in [4.69, 9.17) is 4.74 Å². The van der Waals surface area contributed by atoms with Crippen molar-refractivity contribution >= 4 is 11.4 Å². The van der Waals surface area contributed by atoms with Crippen LogP contribution in [0.2, 0.25) is 0 Å². The fourth-order valence-corrected chi connectivity index (χ4v) is 3.42. The first kappa shape index (κ1) is 17.4. The molecule has 1 atom stereocenters. The number of benzene rings is 1. The van der Waals surface area contributed by atoms with E-state index in [0.717, 1.165) is 21.7 Å². The molecule has 0 bridgehead atoms. The zero-order valence-corrected chi connectivity index (χ0v) is 14.6. The van der Waals surface area contributed by atoms with Gasteiger partial charge in [-0.1, -0.05) is 12.1 Å². The molecule has 1 aromatic carbocycles. The van der Waals surface area contributed by atoms with E-state index in [0.29, 0.717) is 17.5 Å². The van der Waals surface area contributed by atoms with E-state index in [1.54, 1.807) is 24.3 Å². The van der Waals surface area contributed by atoms with Crippen molar-refractivity contribution in [2.75, 3.05) is 7.11 Å². The van der Waals surface area contributed by atoms with E-state index in [-0.39, 0.29) is 23.3 Å². The lowest BCUT2D eigenvalue weighted by atomic mass is 9.92. The second-order valence-corrected chi connectivity index (χ2v) is 6.56. The van der Waals surface area contributed by atoms with Crippen LogP contribution in [0.15, 0.2) is 36.4 Å². The van der Waals surface area contributed by atoms with Gasteiger partial charge in [0.2, 0.25) is 5.88 Å². The number of pyridine rings is 1. The largest absolute Gasteiger partial charge is 0.481 e. The Morgan fingerprint density at radius 3 is 2.63 bits per heavy atom. The lowest BCUT2D eigenvalue weighted by Crippen LogP contribution is -2.39. The number of alkyl halides is 3. The predicted molar refractivity (Wildman–Crippen MR) is 92.8 cm³/mol. The number of aromatic nitrogens is 2. The molecule has 2 aromatic heterocycles. The Balaban J connectivity index is 1.91. The molecule has 1 amide bonds. The topological polar surface area (TPSA) is 55.6 Å². The standard InChI is InChI=1S/C19H16F3N3O2/c1-10-7-12-8-11(3-4-14(12)18(26)23-10)13-5-6-17(27-2)25-15(13)9-16(24-25)19(20,21)22/h3-6,8-10H,7H2,1-2H3,(H,23,26). The van der Waals surface area contributed by atoms with Gasteiger partial charge < -0.3 is 10.1 Å². The third-order valence-electron chi connectivity index (χ3n) is 4.65. The van der Waals surface area contributed by atoms with E-state index < -0.39 is 11.9 Å². The van der Waals surface area contributed by atoms with Crippen molar-refractivity contribution in [3.63, 3.8) is 0 Å². The molecule has 3 heterocycles. The summed E-state index contributed by atoms with van der Waals surface area (Å²) in [5.41, 5.74) is 2.06. The fourth-order valence-electron chi connectivity index (χ4n) is 3.42. The molecule has 8 heteroatoms. The zero-order chi connectivity index (χ0) is 19.3. The number of hydrogen-bond acceptors (Lipinski definition) is 3.